The number of rotatable bonds is 2. The Morgan fingerprint density at radius 1 is 1.08 bits per heavy atom. The van der Waals surface area contributed by atoms with Crippen LogP contribution in [-0.2, 0) is 12.8 Å². The van der Waals surface area contributed by atoms with Crippen molar-refractivity contribution in [3.05, 3.63) is 74.5 Å². The molecule has 1 aromatic heterocycles. The fraction of sp³-hybridized carbons (Fsp3) is 0.158. The first-order chi connectivity index (χ1) is 11.6. The van der Waals surface area contributed by atoms with E-state index in [0.717, 1.165) is 30.5 Å². The molecule has 2 aromatic carbocycles. The molecule has 1 amide bonds. The van der Waals surface area contributed by atoms with Crippen LogP contribution in [0.4, 0.5) is 5.69 Å². The fourth-order valence-electron chi connectivity index (χ4n) is 3.24. The standard InChI is InChI=1S/C19H15ClN2O2/c20-11-7-9-12(10-8-11)21-19(24)15-5-1-4-14-17(15)22-16-6-2-3-13(16)18(14)23/h1,4-5,7-10H,2-3,6H2,(H,21,24)(H,22,23). The lowest BCUT2D eigenvalue weighted by atomic mass is 10.1. The van der Waals surface area contributed by atoms with Gasteiger partial charge in [0.2, 0.25) is 0 Å². The topological polar surface area (TPSA) is 62.0 Å². The molecule has 3 aromatic rings. The number of nitrogens with one attached hydrogen (secondary N) is 2. The average Bonchev–Trinajstić information content (AvgIpc) is 3.05. The summed E-state index contributed by atoms with van der Waals surface area (Å²) in [5.74, 6) is -0.253. The van der Waals surface area contributed by atoms with Gasteiger partial charge in [-0.05, 0) is 55.7 Å². The maximum absolute atomic E-state index is 12.7. The van der Waals surface area contributed by atoms with Gasteiger partial charge in [-0.3, -0.25) is 9.59 Å². The summed E-state index contributed by atoms with van der Waals surface area (Å²) in [6, 6.07) is 12.2. The number of carbonyl (C=O) groups excluding carboxylic acids is 1. The number of halogens is 1. The van der Waals surface area contributed by atoms with E-state index in [2.05, 4.69) is 10.3 Å². The van der Waals surface area contributed by atoms with Crippen LogP contribution in [0, 0.1) is 0 Å². The van der Waals surface area contributed by atoms with Crippen LogP contribution >= 0.6 is 11.6 Å². The zero-order valence-corrected chi connectivity index (χ0v) is 13.6. The molecule has 4 nitrogen and oxygen atoms in total. The molecule has 4 rings (SSSR count). The minimum absolute atomic E-state index is 0.0393. The molecule has 0 saturated heterocycles. The third kappa shape index (κ3) is 2.49. The third-order valence-corrected chi connectivity index (χ3v) is 4.68. The summed E-state index contributed by atoms with van der Waals surface area (Å²) < 4.78 is 0. The molecule has 0 bridgehead atoms. The highest BCUT2D eigenvalue weighted by Crippen LogP contribution is 2.23. The molecular formula is C19H15ClN2O2. The number of anilines is 1. The summed E-state index contributed by atoms with van der Waals surface area (Å²) in [4.78, 5) is 28.6. The van der Waals surface area contributed by atoms with E-state index in [9.17, 15) is 9.59 Å². The number of aryl methyl sites for hydroxylation is 1. The van der Waals surface area contributed by atoms with Gasteiger partial charge >= 0.3 is 0 Å². The molecule has 24 heavy (non-hydrogen) atoms. The first-order valence-electron chi connectivity index (χ1n) is 7.87. The second-order valence-corrected chi connectivity index (χ2v) is 6.39. The van der Waals surface area contributed by atoms with Crippen LogP contribution < -0.4 is 10.7 Å². The Balaban J connectivity index is 1.79. The zero-order chi connectivity index (χ0) is 16.7. The van der Waals surface area contributed by atoms with Gasteiger partial charge in [0.15, 0.2) is 5.43 Å². The molecular weight excluding hydrogens is 324 g/mol. The second-order valence-electron chi connectivity index (χ2n) is 5.95. The van der Waals surface area contributed by atoms with Crippen molar-refractivity contribution in [2.75, 3.05) is 5.32 Å². The summed E-state index contributed by atoms with van der Waals surface area (Å²) >= 11 is 5.86. The molecule has 1 aliphatic carbocycles. The SMILES string of the molecule is O=C(Nc1ccc(Cl)cc1)c1cccc2c(=O)c3c([nH]c12)CCC3. The van der Waals surface area contributed by atoms with E-state index in [1.165, 1.54) is 0 Å². The van der Waals surface area contributed by atoms with Crippen LogP contribution in [0.5, 0.6) is 0 Å². The Labute approximate surface area is 143 Å². The summed E-state index contributed by atoms with van der Waals surface area (Å²) in [5.41, 5.74) is 3.59. The minimum atomic E-state index is -0.253. The highest BCUT2D eigenvalue weighted by Gasteiger charge is 2.20. The molecule has 0 unspecified atom stereocenters. The lowest BCUT2D eigenvalue weighted by molar-refractivity contribution is 0.102. The number of aromatic nitrogens is 1. The zero-order valence-electron chi connectivity index (χ0n) is 12.9. The van der Waals surface area contributed by atoms with Gasteiger partial charge in [0.05, 0.1) is 11.1 Å². The van der Waals surface area contributed by atoms with Crippen molar-refractivity contribution < 1.29 is 4.79 Å². The van der Waals surface area contributed by atoms with Crippen LogP contribution in [0.3, 0.4) is 0 Å². The number of carbonyl (C=O) groups is 1. The minimum Gasteiger partial charge on any atom is -0.357 e. The van der Waals surface area contributed by atoms with Crippen molar-refractivity contribution in [3.63, 3.8) is 0 Å². The Morgan fingerprint density at radius 2 is 1.88 bits per heavy atom. The lowest BCUT2D eigenvalue weighted by Gasteiger charge is -2.10. The monoisotopic (exact) mass is 338 g/mol. The summed E-state index contributed by atoms with van der Waals surface area (Å²) in [6.45, 7) is 0. The van der Waals surface area contributed by atoms with Crippen molar-refractivity contribution in [2.45, 2.75) is 19.3 Å². The number of benzene rings is 2. The van der Waals surface area contributed by atoms with Crippen LogP contribution in [-0.4, -0.2) is 10.9 Å². The highest BCUT2D eigenvalue weighted by molar-refractivity contribution is 6.30. The van der Waals surface area contributed by atoms with Crippen molar-refractivity contribution >= 4 is 34.1 Å². The largest absolute Gasteiger partial charge is 0.357 e. The molecule has 120 valence electrons. The first kappa shape index (κ1) is 15.0. The maximum atomic E-state index is 12.7. The van der Waals surface area contributed by atoms with Crippen LogP contribution in [0.2, 0.25) is 5.02 Å². The average molecular weight is 339 g/mol. The second kappa shape index (κ2) is 5.80. The van der Waals surface area contributed by atoms with Crippen LogP contribution in [0.15, 0.2) is 47.3 Å². The Morgan fingerprint density at radius 3 is 2.67 bits per heavy atom. The molecule has 0 atom stereocenters. The fourth-order valence-corrected chi connectivity index (χ4v) is 3.37. The Kier molecular flexibility index (Phi) is 3.62. The van der Waals surface area contributed by atoms with E-state index in [4.69, 9.17) is 11.6 Å². The first-order valence-corrected chi connectivity index (χ1v) is 8.25. The number of hydrogen-bond acceptors (Lipinski definition) is 2. The highest BCUT2D eigenvalue weighted by atomic mass is 35.5. The van der Waals surface area contributed by atoms with Gasteiger partial charge in [-0.1, -0.05) is 17.7 Å². The van der Waals surface area contributed by atoms with Gasteiger partial charge in [0.1, 0.15) is 0 Å². The number of aromatic amines is 1. The van der Waals surface area contributed by atoms with E-state index in [1.807, 2.05) is 0 Å². The molecule has 0 saturated carbocycles. The van der Waals surface area contributed by atoms with Crippen molar-refractivity contribution in [2.24, 2.45) is 0 Å². The number of amides is 1. The van der Waals surface area contributed by atoms with Gasteiger partial charge in [0.25, 0.3) is 5.91 Å². The van der Waals surface area contributed by atoms with Gasteiger partial charge < -0.3 is 10.3 Å². The number of hydrogen-bond donors (Lipinski definition) is 2. The van der Waals surface area contributed by atoms with Crippen molar-refractivity contribution in [3.8, 4) is 0 Å². The molecule has 0 spiro atoms. The Bertz CT molecular complexity index is 1010. The van der Waals surface area contributed by atoms with Crippen molar-refractivity contribution in [1.82, 2.24) is 4.98 Å². The predicted molar refractivity (Wildman–Crippen MR) is 96.0 cm³/mol. The predicted octanol–water partition coefficient (Wildman–Crippen LogP) is 3.92. The number of para-hydroxylation sites is 1. The third-order valence-electron chi connectivity index (χ3n) is 4.42. The van der Waals surface area contributed by atoms with E-state index in [1.54, 1.807) is 42.5 Å². The number of fused-ring (bicyclic) bond motifs is 2. The van der Waals surface area contributed by atoms with Crippen LogP contribution in [0.1, 0.15) is 28.0 Å². The molecule has 5 heteroatoms. The smallest absolute Gasteiger partial charge is 0.257 e. The quantitative estimate of drug-likeness (QED) is 0.744. The van der Waals surface area contributed by atoms with Gasteiger partial charge in [0, 0.05) is 27.4 Å². The lowest BCUT2D eigenvalue weighted by Crippen LogP contribution is -2.16. The normalized spacial score (nSPS) is 13.0. The number of H-pyrrole nitrogens is 1. The van der Waals surface area contributed by atoms with Crippen molar-refractivity contribution in [1.29, 1.82) is 0 Å². The van der Waals surface area contributed by atoms with E-state index in [0.29, 0.717) is 27.2 Å². The summed E-state index contributed by atoms with van der Waals surface area (Å²) in [5, 5.41) is 4.02. The Hall–Kier alpha value is -2.59. The van der Waals surface area contributed by atoms with E-state index < -0.39 is 0 Å². The van der Waals surface area contributed by atoms with Gasteiger partial charge in [-0.15, -0.1) is 0 Å². The molecule has 0 radical (unpaired) electrons. The summed E-state index contributed by atoms with van der Waals surface area (Å²) in [7, 11) is 0. The molecule has 0 aliphatic heterocycles. The molecule has 0 fully saturated rings. The van der Waals surface area contributed by atoms with E-state index in [-0.39, 0.29) is 11.3 Å². The van der Waals surface area contributed by atoms with Crippen LogP contribution in [0.25, 0.3) is 10.9 Å². The summed E-state index contributed by atoms with van der Waals surface area (Å²) in [6.07, 6.45) is 2.64. The van der Waals surface area contributed by atoms with Gasteiger partial charge in [-0.25, -0.2) is 0 Å². The molecule has 1 aliphatic rings. The number of pyridine rings is 1. The molecule has 2 N–H and O–H groups in total. The van der Waals surface area contributed by atoms with E-state index >= 15 is 0 Å². The van der Waals surface area contributed by atoms with Gasteiger partial charge in [-0.2, -0.15) is 0 Å². The molecule has 1 heterocycles. The maximum Gasteiger partial charge on any atom is 0.257 e.